The molecular weight excluding hydrogens is 214 g/mol. The van der Waals surface area contributed by atoms with Gasteiger partial charge in [-0.05, 0) is 31.4 Å². The fraction of sp³-hybridized carbons (Fsp3) is 0.571. The zero-order chi connectivity index (χ0) is 11.4. The summed E-state index contributed by atoms with van der Waals surface area (Å²) in [7, 11) is 0. The fourth-order valence-corrected chi connectivity index (χ4v) is 3.80. The maximum Gasteiger partial charge on any atom is 0.0277 e. The summed E-state index contributed by atoms with van der Waals surface area (Å²) >= 11 is 2.04. The molecular formula is C14H21NS. The van der Waals surface area contributed by atoms with Crippen molar-refractivity contribution in [3.05, 3.63) is 29.8 Å². The Morgan fingerprint density at radius 1 is 1.19 bits per heavy atom. The maximum absolute atomic E-state index is 6.01. The minimum atomic E-state index is 0.146. The molecule has 1 nitrogen and oxygen atoms in total. The lowest BCUT2D eigenvalue weighted by Gasteiger charge is -2.22. The first-order valence-corrected chi connectivity index (χ1v) is 7.16. The second kappa shape index (κ2) is 5.74. The molecule has 0 spiro atoms. The smallest absolute Gasteiger partial charge is 0.0277 e. The van der Waals surface area contributed by atoms with Gasteiger partial charge in [0.15, 0.2) is 0 Å². The molecule has 16 heavy (non-hydrogen) atoms. The number of nitrogens with two attached hydrogens (primary N) is 1. The van der Waals surface area contributed by atoms with Crippen LogP contribution in [0.25, 0.3) is 0 Å². The molecule has 1 aromatic carbocycles. The second-order valence-electron chi connectivity index (χ2n) is 4.70. The van der Waals surface area contributed by atoms with Gasteiger partial charge in [-0.2, -0.15) is 0 Å². The Bertz CT molecular complexity index is 329. The molecule has 0 heterocycles. The van der Waals surface area contributed by atoms with Crippen LogP contribution in [0.5, 0.6) is 0 Å². The average molecular weight is 235 g/mol. The van der Waals surface area contributed by atoms with Crippen LogP contribution in [-0.4, -0.2) is 5.25 Å². The molecule has 0 saturated heterocycles. The van der Waals surface area contributed by atoms with Gasteiger partial charge in [0, 0.05) is 16.2 Å². The van der Waals surface area contributed by atoms with Crippen LogP contribution >= 0.6 is 11.8 Å². The Balaban J connectivity index is 2.07. The molecule has 2 N–H and O–H groups in total. The highest BCUT2D eigenvalue weighted by atomic mass is 32.2. The first-order valence-electron chi connectivity index (χ1n) is 6.28. The van der Waals surface area contributed by atoms with Crippen LogP contribution in [0.4, 0.5) is 0 Å². The Morgan fingerprint density at radius 3 is 2.56 bits per heavy atom. The first-order chi connectivity index (χ1) is 7.77. The summed E-state index contributed by atoms with van der Waals surface area (Å²) < 4.78 is 0. The zero-order valence-corrected chi connectivity index (χ0v) is 10.8. The standard InChI is InChI=1S/C14H21NS/c1-11(15)13-9-5-6-10-14(13)16-12-7-3-2-4-8-12/h5-6,9-12H,2-4,7-8,15H2,1H3. The predicted octanol–water partition coefficient (Wildman–Crippen LogP) is 4.13. The van der Waals surface area contributed by atoms with E-state index in [9.17, 15) is 0 Å². The Labute approximate surface area is 103 Å². The third kappa shape index (κ3) is 3.02. The van der Waals surface area contributed by atoms with Crippen molar-refractivity contribution in [2.24, 2.45) is 5.73 Å². The summed E-state index contributed by atoms with van der Waals surface area (Å²) in [6, 6.07) is 8.74. The molecule has 1 saturated carbocycles. The number of rotatable bonds is 3. The monoisotopic (exact) mass is 235 g/mol. The van der Waals surface area contributed by atoms with E-state index < -0.39 is 0 Å². The van der Waals surface area contributed by atoms with Gasteiger partial charge in [0.05, 0.1) is 0 Å². The quantitative estimate of drug-likeness (QED) is 0.852. The van der Waals surface area contributed by atoms with E-state index in [2.05, 4.69) is 31.2 Å². The summed E-state index contributed by atoms with van der Waals surface area (Å²) in [5.74, 6) is 0. The first kappa shape index (κ1) is 12.0. The van der Waals surface area contributed by atoms with Crippen molar-refractivity contribution in [2.75, 3.05) is 0 Å². The molecule has 1 aliphatic carbocycles. The Morgan fingerprint density at radius 2 is 1.88 bits per heavy atom. The Hall–Kier alpha value is -0.470. The van der Waals surface area contributed by atoms with Crippen LogP contribution in [-0.2, 0) is 0 Å². The molecule has 1 aromatic rings. The Kier molecular flexibility index (Phi) is 4.30. The highest BCUT2D eigenvalue weighted by molar-refractivity contribution is 8.00. The van der Waals surface area contributed by atoms with Gasteiger partial charge in [-0.1, -0.05) is 37.5 Å². The van der Waals surface area contributed by atoms with Crippen molar-refractivity contribution in [1.82, 2.24) is 0 Å². The van der Waals surface area contributed by atoms with Crippen molar-refractivity contribution >= 4 is 11.8 Å². The van der Waals surface area contributed by atoms with E-state index in [0.717, 1.165) is 5.25 Å². The van der Waals surface area contributed by atoms with Crippen molar-refractivity contribution in [2.45, 2.75) is 55.2 Å². The van der Waals surface area contributed by atoms with E-state index in [4.69, 9.17) is 5.73 Å². The van der Waals surface area contributed by atoms with Crippen LogP contribution in [0, 0.1) is 0 Å². The van der Waals surface area contributed by atoms with E-state index in [1.807, 2.05) is 11.8 Å². The number of hydrogen-bond donors (Lipinski definition) is 1. The normalized spacial score (nSPS) is 19.6. The molecule has 88 valence electrons. The minimum absolute atomic E-state index is 0.146. The molecule has 0 aliphatic heterocycles. The van der Waals surface area contributed by atoms with Crippen LogP contribution in [0.1, 0.15) is 50.6 Å². The third-order valence-electron chi connectivity index (χ3n) is 3.26. The topological polar surface area (TPSA) is 26.0 Å². The van der Waals surface area contributed by atoms with Gasteiger partial charge in [0.25, 0.3) is 0 Å². The van der Waals surface area contributed by atoms with Crippen molar-refractivity contribution in [3.8, 4) is 0 Å². The predicted molar refractivity (Wildman–Crippen MR) is 71.8 cm³/mol. The number of benzene rings is 1. The number of thioether (sulfide) groups is 1. The van der Waals surface area contributed by atoms with Crippen molar-refractivity contribution < 1.29 is 0 Å². The lowest BCUT2D eigenvalue weighted by molar-refractivity contribution is 0.516. The van der Waals surface area contributed by atoms with Gasteiger partial charge in [-0.25, -0.2) is 0 Å². The minimum Gasteiger partial charge on any atom is -0.324 e. The van der Waals surface area contributed by atoms with Crippen LogP contribution in [0.15, 0.2) is 29.2 Å². The summed E-state index contributed by atoms with van der Waals surface area (Å²) in [6.45, 7) is 2.07. The highest BCUT2D eigenvalue weighted by Gasteiger charge is 2.16. The van der Waals surface area contributed by atoms with E-state index >= 15 is 0 Å². The van der Waals surface area contributed by atoms with Gasteiger partial charge in [0.1, 0.15) is 0 Å². The molecule has 1 fully saturated rings. The molecule has 0 radical (unpaired) electrons. The second-order valence-corrected chi connectivity index (χ2v) is 6.05. The van der Waals surface area contributed by atoms with E-state index in [1.165, 1.54) is 42.6 Å². The van der Waals surface area contributed by atoms with Crippen molar-refractivity contribution in [1.29, 1.82) is 0 Å². The highest BCUT2D eigenvalue weighted by Crippen LogP contribution is 2.36. The summed E-state index contributed by atoms with van der Waals surface area (Å²) in [4.78, 5) is 1.39. The molecule has 1 aliphatic rings. The van der Waals surface area contributed by atoms with Gasteiger partial charge < -0.3 is 5.73 Å². The van der Waals surface area contributed by atoms with E-state index in [0.29, 0.717) is 0 Å². The summed E-state index contributed by atoms with van der Waals surface area (Å²) in [6.07, 6.45) is 6.97. The maximum atomic E-state index is 6.01. The average Bonchev–Trinajstić information content (AvgIpc) is 2.31. The van der Waals surface area contributed by atoms with Crippen LogP contribution in [0.2, 0.25) is 0 Å². The lowest BCUT2D eigenvalue weighted by atomic mass is 10.0. The van der Waals surface area contributed by atoms with E-state index in [-0.39, 0.29) is 6.04 Å². The van der Waals surface area contributed by atoms with E-state index in [1.54, 1.807) is 0 Å². The molecule has 1 atom stereocenters. The molecule has 0 bridgehead atoms. The third-order valence-corrected chi connectivity index (χ3v) is 4.69. The van der Waals surface area contributed by atoms with Crippen molar-refractivity contribution in [3.63, 3.8) is 0 Å². The van der Waals surface area contributed by atoms with Gasteiger partial charge >= 0.3 is 0 Å². The molecule has 0 aromatic heterocycles. The summed E-state index contributed by atoms with van der Waals surface area (Å²) in [5.41, 5.74) is 7.31. The molecule has 2 heteroatoms. The van der Waals surface area contributed by atoms with Gasteiger partial charge in [0.2, 0.25) is 0 Å². The summed E-state index contributed by atoms with van der Waals surface area (Å²) in [5, 5.41) is 0.814. The SMILES string of the molecule is CC(N)c1ccccc1SC1CCCCC1. The van der Waals surface area contributed by atoms with Gasteiger partial charge in [-0.15, -0.1) is 11.8 Å². The fourth-order valence-electron chi connectivity index (χ4n) is 2.33. The lowest BCUT2D eigenvalue weighted by Crippen LogP contribution is -2.10. The van der Waals surface area contributed by atoms with Crippen LogP contribution < -0.4 is 5.73 Å². The number of hydrogen-bond acceptors (Lipinski definition) is 2. The molecule has 2 rings (SSSR count). The molecule has 0 amide bonds. The molecule has 1 unspecified atom stereocenters. The van der Waals surface area contributed by atoms with Gasteiger partial charge in [-0.3, -0.25) is 0 Å². The van der Waals surface area contributed by atoms with Crippen LogP contribution in [0.3, 0.4) is 0 Å². The largest absolute Gasteiger partial charge is 0.324 e. The zero-order valence-electron chi connectivity index (χ0n) is 9.99.